The van der Waals surface area contributed by atoms with E-state index in [-0.39, 0.29) is 18.1 Å². The van der Waals surface area contributed by atoms with E-state index in [2.05, 4.69) is 9.97 Å². The summed E-state index contributed by atoms with van der Waals surface area (Å²) >= 11 is 0. The zero-order chi connectivity index (χ0) is 18.2. The van der Waals surface area contributed by atoms with Crippen molar-refractivity contribution in [2.24, 2.45) is 0 Å². The zero-order valence-corrected chi connectivity index (χ0v) is 14.2. The smallest absolute Gasteiger partial charge is 0.348 e. The molecule has 1 amide bonds. The van der Waals surface area contributed by atoms with E-state index in [1.165, 1.54) is 4.90 Å². The first-order chi connectivity index (χ1) is 11.6. The standard InChI is InChI=1S/C14H19F3N4O3S/c15-14(16,17)2-1-13(22)21-6-5-20(7-12-18-3-4-19-12)10-8-25(23,24)9-11(10)21/h3-4,10-11H,1-2,5-9H2,(H,18,19)/t10-,11+/m1/s1. The van der Waals surface area contributed by atoms with Gasteiger partial charge in [-0.2, -0.15) is 13.2 Å². The van der Waals surface area contributed by atoms with Gasteiger partial charge in [0.25, 0.3) is 0 Å². The van der Waals surface area contributed by atoms with Gasteiger partial charge < -0.3 is 9.88 Å². The number of nitrogens with one attached hydrogen (secondary N) is 1. The summed E-state index contributed by atoms with van der Waals surface area (Å²) in [6.45, 7) is 1.03. The zero-order valence-electron chi connectivity index (χ0n) is 13.4. The second-order valence-corrected chi connectivity index (χ2v) is 8.57. The van der Waals surface area contributed by atoms with Gasteiger partial charge in [-0.3, -0.25) is 9.69 Å². The maximum absolute atomic E-state index is 12.4. The quantitative estimate of drug-likeness (QED) is 0.825. The van der Waals surface area contributed by atoms with Crippen LogP contribution in [0.3, 0.4) is 0 Å². The number of fused-ring (bicyclic) bond motifs is 1. The number of aromatic amines is 1. The third kappa shape index (κ3) is 4.32. The monoisotopic (exact) mass is 380 g/mol. The van der Waals surface area contributed by atoms with Crippen molar-refractivity contribution in [3.8, 4) is 0 Å². The molecule has 140 valence electrons. The molecule has 2 aliphatic rings. The van der Waals surface area contributed by atoms with Crippen LogP contribution in [0.2, 0.25) is 0 Å². The van der Waals surface area contributed by atoms with Gasteiger partial charge >= 0.3 is 6.18 Å². The molecule has 1 N–H and O–H groups in total. The molecule has 1 aromatic rings. The number of carbonyl (C=O) groups excluding carboxylic acids is 1. The van der Waals surface area contributed by atoms with Crippen molar-refractivity contribution >= 4 is 15.7 Å². The first-order valence-corrected chi connectivity index (χ1v) is 9.76. The van der Waals surface area contributed by atoms with Gasteiger partial charge in [0.1, 0.15) is 5.82 Å². The molecule has 0 radical (unpaired) electrons. The molecule has 0 spiro atoms. The Morgan fingerprint density at radius 3 is 2.64 bits per heavy atom. The second kappa shape index (κ2) is 6.60. The van der Waals surface area contributed by atoms with Gasteiger partial charge in [-0.25, -0.2) is 13.4 Å². The number of hydrogen-bond donors (Lipinski definition) is 1. The Kier molecular flexibility index (Phi) is 4.80. The molecule has 2 aliphatic heterocycles. The molecule has 3 heterocycles. The predicted octanol–water partition coefficient (Wildman–Crippen LogP) is 0.562. The molecular formula is C14H19F3N4O3S. The topological polar surface area (TPSA) is 86.4 Å². The minimum atomic E-state index is -4.40. The number of H-pyrrole nitrogens is 1. The van der Waals surface area contributed by atoms with Crippen molar-refractivity contribution < 1.29 is 26.4 Å². The van der Waals surface area contributed by atoms with E-state index in [0.29, 0.717) is 18.9 Å². The number of piperazine rings is 1. The van der Waals surface area contributed by atoms with Crippen LogP contribution in [0, 0.1) is 0 Å². The highest BCUT2D eigenvalue weighted by Gasteiger charge is 2.48. The fourth-order valence-corrected chi connectivity index (χ4v) is 5.51. The number of carbonyl (C=O) groups is 1. The highest BCUT2D eigenvalue weighted by molar-refractivity contribution is 7.91. The van der Waals surface area contributed by atoms with E-state index >= 15 is 0 Å². The third-order valence-electron chi connectivity index (χ3n) is 4.64. The Balaban J connectivity index is 1.73. The second-order valence-electron chi connectivity index (χ2n) is 6.42. The lowest BCUT2D eigenvalue weighted by Crippen LogP contribution is -2.60. The molecule has 25 heavy (non-hydrogen) atoms. The summed E-state index contributed by atoms with van der Waals surface area (Å²) in [5, 5.41) is 0. The van der Waals surface area contributed by atoms with Gasteiger partial charge in [-0.1, -0.05) is 0 Å². The van der Waals surface area contributed by atoms with Crippen LogP contribution in [0.1, 0.15) is 18.7 Å². The number of nitrogens with zero attached hydrogens (tertiary/aromatic N) is 3. The molecule has 0 bridgehead atoms. The van der Waals surface area contributed by atoms with Gasteiger partial charge in [0.2, 0.25) is 5.91 Å². The first kappa shape index (κ1) is 18.2. The molecule has 0 aromatic carbocycles. The van der Waals surface area contributed by atoms with E-state index < -0.39 is 46.8 Å². The van der Waals surface area contributed by atoms with Crippen LogP contribution >= 0.6 is 0 Å². The minimum Gasteiger partial charge on any atom is -0.348 e. The normalized spacial score (nSPS) is 26.6. The molecule has 0 aliphatic carbocycles. The molecule has 0 saturated carbocycles. The van der Waals surface area contributed by atoms with Gasteiger partial charge in [0.15, 0.2) is 9.84 Å². The van der Waals surface area contributed by atoms with Crippen LogP contribution in [0.5, 0.6) is 0 Å². The van der Waals surface area contributed by atoms with Crippen molar-refractivity contribution in [1.29, 1.82) is 0 Å². The van der Waals surface area contributed by atoms with Crippen LogP contribution in [0.4, 0.5) is 13.2 Å². The molecular weight excluding hydrogens is 361 g/mol. The minimum absolute atomic E-state index is 0.0958. The van der Waals surface area contributed by atoms with Crippen molar-refractivity contribution in [2.45, 2.75) is 37.6 Å². The lowest BCUT2D eigenvalue weighted by molar-refractivity contribution is -0.152. The van der Waals surface area contributed by atoms with Gasteiger partial charge in [-0.15, -0.1) is 0 Å². The Labute approximate surface area is 143 Å². The number of amides is 1. The van der Waals surface area contributed by atoms with E-state index in [0.717, 1.165) is 0 Å². The van der Waals surface area contributed by atoms with E-state index in [9.17, 15) is 26.4 Å². The number of rotatable bonds is 4. The number of sulfone groups is 1. The Bertz CT molecular complexity index is 720. The Morgan fingerprint density at radius 1 is 1.28 bits per heavy atom. The van der Waals surface area contributed by atoms with Crippen LogP contribution in [0.25, 0.3) is 0 Å². The molecule has 2 atom stereocenters. The maximum Gasteiger partial charge on any atom is 0.389 e. The molecule has 3 rings (SSSR count). The summed E-state index contributed by atoms with van der Waals surface area (Å²) in [5.74, 6) is -0.257. The lowest BCUT2D eigenvalue weighted by Gasteiger charge is -2.43. The van der Waals surface area contributed by atoms with Crippen LogP contribution in [-0.4, -0.2) is 76.9 Å². The van der Waals surface area contributed by atoms with E-state index in [1.807, 2.05) is 4.90 Å². The summed E-state index contributed by atoms with van der Waals surface area (Å²) in [6.07, 6.45) is -2.99. The molecule has 2 fully saturated rings. The number of alkyl halides is 3. The Morgan fingerprint density at radius 2 is 2.00 bits per heavy atom. The van der Waals surface area contributed by atoms with Gasteiger partial charge in [0, 0.05) is 37.9 Å². The van der Waals surface area contributed by atoms with Crippen molar-refractivity contribution in [3.05, 3.63) is 18.2 Å². The summed E-state index contributed by atoms with van der Waals surface area (Å²) in [7, 11) is -3.34. The van der Waals surface area contributed by atoms with E-state index in [4.69, 9.17) is 0 Å². The van der Waals surface area contributed by atoms with Crippen molar-refractivity contribution in [2.75, 3.05) is 24.6 Å². The predicted molar refractivity (Wildman–Crippen MR) is 82.2 cm³/mol. The molecule has 11 heteroatoms. The average molecular weight is 380 g/mol. The number of aromatic nitrogens is 2. The van der Waals surface area contributed by atoms with Crippen LogP contribution < -0.4 is 0 Å². The largest absolute Gasteiger partial charge is 0.389 e. The number of hydrogen-bond acceptors (Lipinski definition) is 5. The summed E-state index contributed by atoms with van der Waals surface area (Å²) < 4.78 is 61.2. The number of halogens is 3. The van der Waals surface area contributed by atoms with Gasteiger partial charge in [0.05, 0.1) is 30.5 Å². The average Bonchev–Trinajstić information content (AvgIpc) is 3.10. The van der Waals surface area contributed by atoms with E-state index in [1.54, 1.807) is 12.4 Å². The van der Waals surface area contributed by atoms with Crippen molar-refractivity contribution in [3.63, 3.8) is 0 Å². The van der Waals surface area contributed by atoms with Crippen molar-refractivity contribution in [1.82, 2.24) is 19.8 Å². The molecule has 2 saturated heterocycles. The Hall–Kier alpha value is -1.62. The summed E-state index contributed by atoms with van der Waals surface area (Å²) in [5.41, 5.74) is 0. The molecule has 1 aromatic heterocycles. The fourth-order valence-electron chi connectivity index (χ4n) is 3.50. The fraction of sp³-hybridized carbons (Fsp3) is 0.714. The van der Waals surface area contributed by atoms with Crippen LogP contribution in [0.15, 0.2) is 12.4 Å². The SMILES string of the molecule is O=C(CCC(F)(F)F)N1CCN(Cc2ncc[nH]2)[C@@H]2CS(=O)(=O)C[C@@H]21. The molecule has 0 unspecified atom stereocenters. The maximum atomic E-state index is 12.4. The first-order valence-electron chi connectivity index (χ1n) is 7.93. The van der Waals surface area contributed by atoms with Crippen LogP contribution in [-0.2, 0) is 21.2 Å². The lowest BCUT2D eigenvalue weighted by atomic mass is 10.0. The highest BCUT2D eigenvalue weighted by atomic mass is 32.2. The summed E-state index contributed by atoms with van der Waals surface area (Å²) in [4.78, 5) is 22.5. The summed E-state index contributed by atoms with van der Waals surface area (Å²) in [6, 6.07) is -1.02. The highest BCUT2D eigenvalue weighted by Crippen LogP contribution is 2.29. The molecule has 7 nitrogen and oxygen atoms in total. The van der Waals surface area contributed by atoms with Gasteiger partial charge in [-0.05, 0) is 0 Å². The number of imidazole rings is 1. The third-order valence-corrected chi connectivity index (χ3v) is 6.34.